The lowest BCUT2D eigenvalue weighted by molar-refractivity contribution is 0.174. The molecule has 1 saturated heterocycles. The first kappa shape index (κ1) is 22.0. The van der Waals surface area contributed by atoms with E-state index in [9.17, 15) is 0 Å². The number of aryl methyl sites for hydroxylation is 1. The standard InChI is InChI=1S/C25H23N5O3.ClH/c1-17-4-2-5-18(14-17)23-27-25(33-28-23)20-6-3-9-26-24(20)30-12-10-29(11-13-30)19-7-8-21-22(15-19)32-16-31-21;/h2-9,14-15H,10-13,16H2,1H3;1H. The lowest BCUT2D eigenvalue weighted by Gasteiger charge is -2.37. The zero-order valence-corrected chi connectivity index (χ0v) is 19.5. The van der Waals surface area contributed by atoms with Crippen molar-refractivity contribution in [2.45, 2.75) is 6.92 Å². The van der Waals surface area contributed by atoms with E-state index in [0.717, 1.165) is 65.9 Å². The van der Waals surface area contributed by atoms with Crippen molar-refractivity contribution < 1.29 is 14.0 Å². The van der Waals surface area contributed by atoms with E-state index >= 15 is 0 Å². The van der Waals surface area contributed by atoms with Gasteiger partial charge in [0.15, 0.2) is 11.5 Å². The minimum atomic E-state index is 0. The average molecular weight is 478 g/mol. The van der Waals surface area contributed by atoms with Crippen LogP contribution in [0.4, 0.5) is 11.5 Å². The predicted octanol–water partition coefficient (Wildman–Crippen LogP) is 4.58. The van der Waals surface area contributed by atoms with Gasteiger partial charge in [-0.3, -0.25) is 0 Å². The van der Waals surface area contributed by atoms with Crippen LogP contribution in [0.15, 0.2) is 65.3 Å². The maximum absolute atomic E-state index is 5.65. The molecule has 0 spiro atoms. The molecule has 0 radical (unpaired) electrons. The number of anilines is 2. The molecule has 0 N–H and O–H groups in total. The Morgan fingerprint density at radius 2 is 1.68 bits per heavy atom. The molecule has 0 atom stereocenters. The highest BCUT2D eigenvalue weighted by atomic mass is 35.5. The fourth-order valence-corrected chi connectivity index (χ4v) is 4.31. The Balaban J connectivity index is 0.00000241. The van der Waals surface area contributed by atoms with Crippen LogP contribution in [0.25, 0.3) is 22.8 Å². The van der Waals surface area contributed by atoms with E-state index in [1.54, 1.807) is 6.20 Å². The van der Waals surface area contributed by atoms with Gasteiger partial charge in [-0.1, -0.05) is 28.9 Å². The average Bonchev–Trinajstić information content (AvgIpc) is 3.54. The van der Waals surface area contributed by atoms with Crippen LogP contribution < -0.4 is 19.3 Å². The number of rotatable bonds is 4. The number of aromatic nitrogens is 3. The Morgan fingerprint density at radius 3 is 2.53 bits per heavy atom. The van der Waals surface area contributed by atoms with Gasteiger partial charge in [0, 0.05) is 49.7 Å². The number of nitrogens with zero attached hydrogens (tertiary/aromatic N) is 5. The van der Waals surface area contributed by atoms with Crippen molar-refractivity contribution in [3.8, 4) is 34.3 Å². The summed E-state index contributed by atoms with van der Waals surface area (Å²) in [4.78, 5) is 13.9. The van der Waals surface area contributed by atoms with Gasteiger partial charge >= 0.3 is 0 Å². The van der Waals surface area contributed by atoms with Gasteiger partial charge in [0.25, 0.3) is 5.89 Å². The molecule has 0 saturated carbocycles. The molecule has 1 fully saturated rings. The first-order valence-corrected chi connectivity index (χ1v) is 11.0. The van der Waals surface area contributed by atoms with Gasteiger partial charge in [-0.15, -0.1) is 12.4 Å². The second-order valence-electron chi connectivity index (χ2n) is 8.18. The van der Waals surface area contributed by atoms with Crippen molar-refractivity contribution in [1.82, 2.24) is 15.1 Å². The van der Waals surface area contributed by atoms with Gasteiger partial charge in [-0.25, -0.2) is 4.98 Å². The Hall–Kier alpha value is -3.78. The Bertz CT molecular complexity index is 1300. The molecule has 2 aliphatic heterocycles. The number of pyridine rings is 1. The number of piperazine rings is 1. The van der Waals surface area contributed by atoms with Gasteiger partial charge in [0.1, 0.15) is 5.82 Å². The van der Waals surface area contributed by atoms with E-state index < -0.39 is 0 Å². The molecule has 2 aromatic heterocycles. The van der Waals surface area contributed by atoms with Crippen molar-refractivity contribution >= 4 is 23.9 Å². The lowest BCUT2D eigenvalue weighted by Crippen LogP contribution is -2.47. The summed E-state index contributed by atoms with van der Waals surface area (Å²) in [6.45, 7) is 5.74. The van der Waals surface area contributed by atoms with Gasteiger partial charge < -0.3 is 23.8 Å². The highest BCUT2D eigenvalue weighted by Gasteiger charge is 2.24. The van der Waals surface area contributed by atoms with E-state index in [1.165, 1.54) is 0 Å². The quantitative estimate of drug-likeness (QED) is 0.422. The Kier molecular flexibility index (Phi) is 5.98. The summed E-state index contributed by atoms with van der Waals surface area (Å²) in [7, 11) is 0. The van der Waals surface area contributed by atoms with Crippen LogP contribution in [0, 0.1) is 6.92 Å². The second kappa shape index (κ2) is 9.23. The first-order valence-electron chi connectivity index (χ1n) is 11.0. The Morgan fingerprint density at radius 1 is 0.853 bits per heavy atom. The lowest BCUT2D eigenvalue weighted by atomic mass is 10.1. The maximum Gasteiger partial charge on any atom is 0.261 e. The van der Waals surface area contributed by atoms with Crippen LogP contribution in [0.1, 0.15) is 5.56 Å². The van der Waals surface area contributed by atoms with Gasteiger partial charge in [-0.05, 0) is 37.3 Å². The molecule has 2 aliphatic rings. The van der Waals surface area contributed by atoms with Crippen molar-refractivity contribution in [2.75, 3.05) is 42.8 Å². The van der Waals surface area contributed by atoms with Crippen molar-refractivity contribution in [3.05, 3.63) is 66.4 Å². The van der Waals surface area contributed by atoms with Gasteiger partial charge in [-0.2, -0.15) is 4.98 Å². The molecule has 0 aliphatic carbocycles. The van der Waals surface area contributed by atoms with E-state index in [0.29, 0.717) is 11.7 Å². The zero-order chi connectivity index (χ0) is 22.2. The number of ether oxygens (including phenoxy) is 2. The molecular weight excluding hydrogens is 454 g/mol. The number of benzene rings is 2. The molecule has 4 aromatic rings. The van der Waals surface area contributed by atoms with Gasteiger partial charge in [0.2, 0.25) is 12.6 Å². The summed E-state index contributed by atoms with van der Waals surface area (Å²) in [6, 6.07) is 18.1. The van der Waals surface area contributed by atoms with Crippen molar-refractivity contribution in [2.24, 2.45) is 0 Å². The number of fused-ring (bicyclic) bond motifs is 1. The van der Waals surface area contributed by atoms with Crippen LogP contribution in [-0.4, -0.2) is 48.1 Å². The van der Waals surface area contributed by atoms with E-state index in [-0.39, 0.29) is 19.2 Å². The van der Waals surface area contributed by atoms with Crippen LogP contribution in [0.3, 0.4) is 0 Å². The van der Waals surface area contributed by atoms with Crippen molar-refractivity contribution in [3.63, 3.8) is 0 Å². The predicted molar refractivity (Wildman–Crippen MR) is 132 cm³/mol. The molecule has 8 nitrogen and oxygen atoms in total. The molecule has 34 heavy (non-hydrogen) atoms. The normalized spacial score (nSPS) is 14.7. The van der Waals surface area contributed by atoms with Crippen LogP contribution >= 0.6 is 12.4 Å². The topological polar surface area (TPSA) is 76.8 Å². The number of hydrogen-bond acceptors (Lipinski definition) is 8. The minimum absolute atomic E-state index is 0. The Labute approximate surface area is 203 Å². The third-order valence-corrected chi connectivity index (χ3v) is 6.02. The first-order chi connectivity index (χ1) is 16.2. The highest BCUT2D eigenvalue weighted by Crippen LogP contribution is 2.36. The van der Waals surface area contributed by atoms with Crippen molar-refractivity contribution in [1.29, 1.82) is 0 Å². The molecule has 0 amide bonds. The monoisotopic (exact) mass is 477 g/mol. The highest BCUT2D eigenvalue weighted by molar-refractivity contribution is 5.85. The molecule has 0 unspecified atom stereocenters. The van der Waals surface area contributed by atoms with Crippen LogP contribution in [0.5, 0.6) is 11.5 Å². The number of halogens is 1. The maximum atomic E-state index is 5.65. The molecule has 6 rings (SSSR count). The van der Waals surface area contributed by atoms with Crippen LogP contribution in [-0.2, 0) is 0 Å². The number of hydrogen-bond donors (Lipinski definition) is 0. The summed E-state index contributed by atoms with van der Waals surface area (Å²) in [5.74, 6) is 3.54. The van der Waals surface area contributed by atoms with E-state index in [1.807, 2.05) is 49.4 Å². The molecular formula is C25H24ClN5O3. The largest absolute Gasteiger partial charge is 0.454 e. The zero-order valence-electron chi connectivity index (χ0n) is 18.7. The molecule has 0 bridgehead atoms. The second-order valence-corrected chi connectivity index (χ2v) is 8.18. The summed E-state index contributed by atoms with van der Waals surface area (Å²) < 4.78 is 16.6. The fraction of sp³-hybridized carbons (Fsp3) is 0.240. The van der Waals surface area contributed by atoms with Gasteiger partial charge in [0.05, 0.1) is 5.56 Å². The molecule has 174 valence electrons. The van der Waals surface area contributed by atoms with E-state index in [2.05, 4.69) is 37.1 Å². The smallest absolute Gasteiger partial charge is 0.261 e. The summed E-state index contributed by atoms with van der Waals surface area (Å²) >= 11 is 0. The fourth-order valence-electron chi connectivity index (χ4n) is 4.31. The van der Waals surface area contributed by atoms with E-state index in [4.69, 9.17) is 14.0 Å². The molecule has 4 heterocycles. The summed E-state index contributed by atoms with van der Waals surface area (Å²) in [5, 5.41) is 4.21. The minimum Gasteiger partial charge on any atom is -0.454 e. The molecule has 2 aromatic carbocycles. The SMILES string of the molecule is Cc1cccc(-c2noc(-c3cccnc3N3CCN(c4ccc5c(c4)OCO5)CC3)n2)c1.Cl. The van der Waals surface area contributed by atoms with Crippen LogP contribution in [0.2, 0.25) is 0 Å². The summed E-state index contributed by atoms with van der Waals surface area (Å²) in [5.41, 5.74) is 4.08. The third kappa shape index (κ3) is 4.12. The summed E-state index contributed by atoms with van der Waals surface area (Å²) in [6.07, 6.45) is 1.81. The third-order valence-electron chi connectivity index (χ3n) is 6.02. The molecule has 9 heteroatoms.